The first-order valence-electron chi connectivity index (χ1n) is 7.23. The fraction of sp³-hybridized carbons (Fsp3) is 0.250. The molecule has 0 atom stereocenters. The molecule has 0 aliphatic heterocycles. The van der Waals surface area contributed by atoms with Gasteiger partial charge in [-0.25, -0.2) is 4.98 Å². The number of carbonyl (C=O) groups is 1. The second-order valence-corrected chi connectivity index (χ2v) is 5.28. The Labute approximate surface area is 131 Å². The van der Waals surface area contributed by atoms with Crippen LogP contribution >= 0.6 is 0 Å². The molecule has 0 unspecified atom stereocenters. The average Bonchev–Trinajstić information content (AvgIpc) is 2.91. The maximum absolute atomic E-state index is 12.3. The third kappa shape index (κ3) is 2.61. The summed E-state index contributed by atoms with van der Waals surface area (Å²) in [5.41, 5.74) is 2.34. The van der Waals surface area contributed by atoms with E-state index in [4.69, 9.17) is 4.52 Å². The van der Waals surface area contributed by atoms with E-state index in [1.165, 1.54) is 10.9 Å². The van der Waals surface area contributed by atoms with Gasteiger partial charge in [0.25, 0.3) is 11.5 Å². The van der Waals surface area contributed by atoms with Crippen molar-refractivity contribution in [1.82, 2.24) is 14.7 Å². The van der Waals surface area contributed by atoms with Crippen molar-refractivity contribution in [2.75, 3.05) is 5.32 Å². The van der Waals surface area contributed by atoms with Crippen LogP contribution in [0, 0.1) is 6.92 Å². The fourth-order valence-electron chi connectivity index (χ4n) is 2.34. The molecule has 0 spiro atoms. The molecule has 0 aliphatic carbocycles. The van der Waals surface area contributed by atoms with E-state index >= 15 is 0 Å². The van der Waals surface area contributed by atoms with Crippen molar-refractivity contribution >= 4 is 22.7 Å². The summed E-state index contributed by atoms with van der Waals surface area (Å²) in [6.07, 6.45) is 2.16. The van der Waals surface area contributed by atoms with E-state index < -0.39 is 0 Å². The Morgan fingerprint density at radius 2 is 2.17 bits per heavy atom. The molecule has 1 aromatic carbocycles. The fourth-order valence-corrected chi connectivity index (χ4v) is 2.34. The van der Waals surface area contributed by atoms with Crippen molar-refractivity contribution in [3.8, 4) is 0 Å². The molecule has 1 amide bonds. The van der Waals surface area contributed by atoms with E-state index in [0.29, 0.717) is 22.4 Å². The number of amides is 1. The summed E-state index contributed by atoms with van der Waals surface area (Å²) in [7, 11) is 1.63. The van der Waals surface area contributed by atoms with Gasteiger partial charge in [-0.05, 0) is 31.5 Å². The van der Waals surface area contributed by atoms with Crippen molar-refractivity contribution in [3.63, 3.8) is 0 Å². The zero-order valence-electron chi connectivity index (χ0n) is 13.1. The summed E-state index contributed by atoms with van der Waals surface area (Å²) < 4.78 is 6.54. The van der Waals surface area contributed by atoms with Gasteiger partial charge >= 0.3 is 0 Å². The highest BCUT2D eigenvalue weighted by atomic mass is 16.5. The number of anilines is 1. The summed E-state index contributed by atoms with van der Waals surface area (Å²) >= 11 is 0. The van der Waals surface area contributed by atoms with Crippen molar-refractivity contribution < 1.29 is 9.32 Å². The maximum atomic E-state index is 12.3. The molecule has 7 heteroatoms. The lowest BCUT2D eigenvalue weighted by molar-refractivity contribution is 0.102. The Morgan fingerprint density at radius 1 is 1.39 bits per heavy atom. The summed E-state index contributed by atoms with van der Waals surface area (Å²) in [4.78, 5) is 28.5. The van der Waals surface area contributed by atoms with E-state index in [1.807, 2.05) is 13.8 Å². The van der Waals surface area contributed by atoms with Gasteiger partial charge in [-0.15, -0.1) is 0 Å². The molecule has 23 heavy (non-hydrogen) atoms. The molecule has 0 radical (unpaired) electrons. The number of aromatic nitrogens is 3. The molecule has 7 nitrogen and oxygen atoms in total. The van der Waals surface area contributed by atoms with Gasteiger partial charge in [0.05, 0.1) is 22.9 Å². The quantitative estimate of drug-likeness (QED) is 0.799. The van der Waals surface area contributed by atoms with Crippen LogP contribution in [0.15, 0.2) is 33.8 Å². The average molecular weight is 312 g/mol. The second-order valence-electron chi connectivity index (χ2n) is 5.28. The Morgan fingerprint density at radius 3 is 2.87 bits per heavy atom. The summed E-state index contributed by atoms with van der Waals surface area (Å²) in [5, 5.41) is 7.07. The van der Waals surface area contributed by atoms with Crippen LogP contribution in [-0.2, 0) is 13.5 Å². The molecule has 0 bridgehead atoms. The Bertz CT molecular complexity index is 956. The number of nitrogens with zero attached hydrogens (tertiary/aromatic N) is 3. The normalized spacial score (nSPS) is 10.9. The van der Waals surface area contributed by atoms with E-state index in [1.54, 1.807) is 25.2 Å². The van der Waals surface area contributed by atoms with Gasteiger partial charge in [0, 0.05) is 18.2 Å². The first-order chi connectivity index (χ1) is 11.0. The highest BCUT2D eigenvalue weighted by Crippen LogP contribution is 2.20. The number of carbonyl (C=O) groups excluding carboxylic acids is 1. The predicted octanol–water partition coefficient (Wildman–Crippen LogP) is 2.04. The summed E-state index contributed by atoms with van der Waals surface area (Å²) in [6, 6.07) is 4.77. The van der Waals surface area contributed by atoms with Crippen LogP contribution in [0.5, 0.6) is 0 Å². The van der Waals surface area contributed by atoms with E-state index in [9.17, 15) is 9.59 Å². The Balaban J connectivity index is 1.93. The third-order valence-corrected chi connectivity index (χ3v) is 3.76. The van der Waals surface area contributed by atoms with E-state index in [2.05, 4.69) is 15.5 Å². The lowest BCUT2D eigenvalue weighted by Gasteiger charge is -2.05. The summed E-state index contributed by atoms with van der Waals surface area (Å²) in [6.45, 7) is 3.81. The zero-order chi connectivity index (χ0) is 16.6. The van der Waals surface area contributed by atoms with Gasteiger partial charge < -0.3 is 9.09 Å². The van der Waals surface area contributed by atoms with Crippen LogP contribution in [0.3, 0.4) is 0 Å². The van der Waals surface area contributed by atoms with Crippen LogP contribution in [0.1, 0.15) is 28.5 Å². The van der Waals surface area contributed by atoms with Gasteiger partial charge in [-0.1, -0.05) is 12.1 Å². The lowest BCUT2D eigenvalue weighted by atomic mass is 10.1. The SMILES string of the molecule is CCc1noc(NC(=O)c2ccc3c(=O)n(C)cnc3c2)c1C. The topological polar surface area (TPSA) is 90.0 Å². The minimum atomic E-state index is -0.337. The zero-order valence-corrected chi connectivity index (χ0v) is 13.1. The molecule has 3 rings (SSSR count). The van der Waals surface area contributed by atoms with Gasteiger partial charge in [-0.3, -0.25) is 14.9 Å². The minimum absolute atomic E-state index is 0.152. The summed E-state index contributed by atoms with van der Waals surface area (Å²) in [5.74, 6) is 0.000150. The number of hydrogen-bond acceptors (Lipinski definition) is 5. The van der Waals surface area contributed by atoms with Gasteiger partial charge in [0.2, 0.25) is 5.88 Å². The number of benzene rings is 1. The van der Waals surface area contributed by atoms with Crippen LogP contribution < -0.4 is 10.9 Å². The van der Waals surface area contributed by atoms with Gasteiger partial charge in [0.1, 0.15) is 0 Å². The molecule has 0 aliphatic rings. The highest BCUT2D eigenvalue weighted by Gasteiger charge is 2.15. The Kier molecular flexibility index (Phi) is 3.69. The number of hydrogen-bond donors (Lipinski definition) is 1. The minimum Gasteiger partial charge on any atom is -0.338 e. The first-order valence-corrected chi connectivity index (χ1v) is 7.23. The molecule has 3 aromatic rings. The molecular formula is C16H16N4O3. The molecule has 118 valence electrons. The number of rotatable bonds is 3. The molecule has 0 fully saturated rings. The highest BCUT2D eigenvalue weighted by molar-refractivity contribution is 6.05. The second kappa shape index (κ2) is 5.68. The van der Waals surface area contributed by atoms with Crippen LogP contribution in [-0.4, -0.2) is 20.6 Å². The van der Waals surface area contributed by atoms with Gasteiger partial charge in [0.15, 0.2) is 0 Å². The molecular weight excluding hydrogens is 296 g/mol. The standard InChI is InChI=1S/C16H16N4O3/c1-4-12-9(2)15(23-19-12)18-14(21)10-5-6-11-13(7-10)17-8-20(3)16(11)22/h5-8H,4H2,1-3H3,(H,18,21). The molecule has 0 saturated heterocycles. The lowest BCUT2D eigenvalue weighted by Crippen LogP contribution is -2.18. The smallest absolute Gasteiger partial charge is 0.260 e. The maximum Gasteiger partial charge on any atom is 0.260 e. The molecule has 2 aromatic heterocycles. The number of aryl methyl sites for hydroxylation is 2. The van der Waals surface area contributed by atoms with Crippen LogP contribution in [0.2, 0.25) is 0 Å². The largest absolute Gasteiger partial charge is 0.338 e. The van der Waals surface area contributed by atoms with E-state index in [-0.39, 0.29) is 11.5 Å². The number of fused-ring (bicyclic) bond motifs is 1. The van der Waals surface area contributed by atoms with E-state index in [0.717, 1.165) is 17.7 Å². The van der Waals surface area contributed by atoms with Crippen LogP contribution in [0.4, 0.5) is 5.88 Å². The van der Waals surface area contributed by atoms with Crippen molar-refractivity contribution in [2.24, 2.45) is 7.05 Å². The predicted molar refractivity (Wildman–Crippen MR) is 85.6 cm³/mol. The van der Waals surface area contributed by atoms with Crippen molar-refractivity contribution in [1.29, 1.82) is 0 Å². The Hall–Kier alpha value is -2.96. The number of nitrogens with one attached hydrogen (secondary N) is 1. The van der Waals surface area contributed by atoms with Crippen molar-refractivity contribution in [3.05, 3.63) is 51.7 Å². The first kappa shape index (κ1) is 15.0. The molecule has 2 heterocycles. The van der Waals surface area contributed by atoms with Gasteiger partial charge in [-0.2, -0.15) is 0 Å². The van der Waals surface area contributed by atoms with Crippen molar-refractivity contribution in [2.45, 2.75) is 20.3 Å². The molecule has 0 saturated carbocycles. The monoisotopic (exact) mass is 312 g/mol. The van der Waals surface area contributed by atoms with Crippen LogP contribution in [0.25, 0.3) is 10.9 Å². The third-order valence-electron chi connectivity index (χ3n) is 3.76. The molecule has 1 N–H and O–H groups in total.